The van der Waals surface area contributed by atoms with E-state index in [1.807, 2.05) is 0 Å². The van der Waals surface area contributed by atoms with Crippen LogP contribution in [0.15, 0.2) is 12.1 Å². The summed E-state index contributed by atoms with van der Waals surface area (Å²) in [6, 6.07) is 3.49. The molecule has 1 aromatic rings. The van der Waals surface area contributed by atoms with Gasteiger partial charge in [-0.15, -0.1) is 0 Å². The second-order valence-corrected chi connectivity index (χ2v) is 10.1. The zero-order chi connectivity index (χ0) is 27.0. The Balaban J connectivity index is 2.85. The van der Waals surface area contributed by atoms with Crippen molar-refractivity contribution in [2.45, 2.75) is 136 Å². The van der Waals surface area contributed by atoms with Gasteiger partial charge in [-0.1, -0.05) is 117 Å². The molecule has 0 fully saturated rings. The Labute approximate surface area is 228 Å². The van der Waals surface area contributed by atoms with E-state index >= 15 is 0 Å². The highest BCUT2D eigenvalue weighted by Crippen LogP contribution is 2.40. The fourth-order valence-corrected chi connectivity index (χ4v) is 4.35. The first-order chi connectivity index (χ1) is 18.2. The largest absolute Gasteiger partial charge is 0.490 e. The van der Waals surface area contributed by atoms with E-state index in [-0.39, 0.29) is 0 Å². The second kappa shape index (κ2) is 23.2. The molecule has 0 saturated heterocycles. The second-order valence-electron chi connectivity index (χ2n) is 10.1. The molecule has 0 bridgehead atoms. The van der Waals surface area contributed by atoms with E-state index in [9.17, 15) is 4.79 Å². The van der Waals surface area contributed by atoms with Crippen LogP contribution >= 0.6 is 0 Å². The maximum absolute atomic E-state index is 12.4. The van der Waals surface area contributed by atoms with E-state index in [1.165, 1.54) is 84.2 Å². The van der Waals surface area contributed by atoms with Crippen LogP contribution in [0.2, 0.25) is 0 Å². The predicted molar refractivity (Wildman–Crippen MR) is 154 cm³/mol. The van der Waals surface area contributed by atoms with Crippen LogP contribution in [0.3, 0.4) is 0 Å². The topological polar surface area (TPSA) is 54.0 Å². The smallest absolute Gasteiger partial charge is 0.338 e. The molecule has 0 heterocycles. The molecule has 0 amide bonds. The zero-order valence-electron chi connectivity index (χ0n) is 24.5. The van der Waals surface area contributed by atoms with E-state index in [0.717, 1.165) is 38.5 Å². The van der Waals surface area contributed by atoms with Gasteiger partial charge < -0.3 is 18.9 Å². The summed E-state index contributed by atoms with van der Waals surface area (Å²) in [5, 5.41) is 0. The fraction of sp³-hybridized carbons (Fsp3) is 0.781. The van der Waals surface area contributed by atoms with Gasteiger partial charge in [-0.3, -0.25) is 0 Å². The average molecular weight is 521 g/mol. The summed E-state index contributed by atoms with van der Waals surface area (Å²) >= 11 is 0. The van der Waals surface area contributed by atoms with E-state index in [2.05, 4.69) is 20.8 Å². The minimum Gasteiger partial charge on any atom is -0.490 e. The summed E-state index contributed by atoms with van der Waals surface area (Å²) < 4.78 is 23.6. The first-order valence-electron chi connectivity index (χ1n) is 15.3. The molecule has 5 heteroatoms. The molecule has 0 saturated carbocycles. The summed E-state index contributed by atoms with van der Waals surface area (Å²) in [6.45, 7) is 8.51. The number of methoxy groups -OCH3 is 1. The molecule has 1 rings (SSSR count). The van der Waals surface area contributed by atoms with E-state index < -0.39 is 5.97 Å². The third kappa shape index (κ3) is 15.8. The van der Waals surface area contributed by atoms with Gasteiger partial charge in [-0.05, 0) is 31.4 Å². The van der Waals surface area contributed by atoms with Crippen LogP contribution < -0.4 is 14.2 Å². The third-order valence-electron chi connectivity index (χ3n) is 6.70. The van der Waals surface area contributed by atoms with Gasteiger partial charge in [0, 0.05) is 0 Å². The molecular formula is C32H56O5. The zero-order valence-corrected chi connectivity index (χ0v) is 24.5. The fourth-order valence-electron chi connectivity index (χ4n) is 4.35. The standard InChI is InChI=1S/C32H56O5/c1-5-8-11-14-17-20-23-35-29-26-28(32(33)34-4)27-30(36-24-21-18-15-12-9-6-2)31(29)37-25-22-19-16-13-10-7-3/h26-27H,5-25H2,1-4H3. The summed E-state index contributed by atoms with van der Waals surface area (Å²) in [7, 11) is 1.40. The van der Waals surface area contributed by atoms with Crippen molar-refractivity contribution in [2.24, 2.45) is 0 Å². The summed E-state index contributed by atoms with van der Waals surface area (Å²) in [5.74, 6) is 1.40. The average Bonchev–Trinajstić information content (AvgIpc) is 2.91. The highest BCUT2D eigenvalue weighted by atomic mass is 16.5. The Bertz CT molecular complexity index is 649. The van der Waals surface area contributed by atoms with Crippen LogP contribution in [0.25, 0.3) is 0 Å². The summed E-state index contributed by atoms with van der Waals surface area (Å²) in [4.78, 5) is 12.4. The minimum absolute atomic E-state index is 0.392. The van der Waals surface area contributed by atoms with Gasteiger partial charge in [0.2, 0.25) is 5.75 Å². The number of rotatable bonds is 25. The Kier molecular flexibility index (Phi) is 20.8. The Morgan fingerprint density at radius 2 is 0.892 bits per heavy atom. The lowest BCUT2D eigenvalue weighted by molar-refractivity contribution is 0.0599. The van der Waals surface area contributed by atoms with Crippen LogP contribution in [0, 0.1) is 0 Å². The number of unbranched alkanes of at least 4 members (excludes halogenated alkanes) is 15. The number of esters is 1. The molecule has 0 atom stereocenters. The molecule has 1 aromatic carbocycles. The quantitative estimate of drug-likeness (QED) is 0.0948. The van der Waals surface area contributed by atoms with Gasteiger partial charge in [-0.2, -0.15) is 0 Å². The first-order valence-corrected chi connectivity index (χ1v) is 15.3. The normalized spacial score (nSPS) is 10.9. The molecule has 214 valence electrons. The number of ether oxygens (including phenoxy) is 4. The lowest BCUT2D eigenvalue weighted by Crippen LogP contribution is -2.09. The van der Waals surface area contributed by atoms with Gasteiger partial charge in [0.1, 0.15) is 0 Å². The predicted octanol–water partition coefficient (Wildman–Crippen LogP) is 9.69. The molecule has 0 aliphatic heterocycles. The molecule has 0 aliphatic carbocycles. The summed E-state index contributed by atoms with van der Waals surface area (Å²) in [6.07, 6.45) is 21.6. The van der Waals surface area contributed by atoms with Gasteiger partial charge >= 0.3 is 5.97 Å². The van der Waals surface area contributed by atoms with Crippen molar-refractivity contribution < 1.29 is 23.7 Å². The number of carbonyl (C=O) groups is 1. The Morgan fingerprint density at radius 3 is 1.27 bits per heavy atom. The van der Waals surface area contributed by atoms with Crippen molar-refractivity contribution >= 4 is 5.97 Å². The summed E-state index contributed by atoms with van der Waals surface area (Å²) in [5.41, 5.74) is 0.435. The highest BCUT2D eigenvalue weighted by Gasteiger charge is 2.19. The SMILES string of the molecule is CCCCCCCCOc1cc(C(=O)OC)cc(OCCCCCCCC)c1OCCCCCCCC. The van der Waals surface area contributed by atoms with Gasteiger partial charge in [-0.25, -0.2) is 4.79 Å². The minimum atomic E-state index is -0.392. The highest BCUT2D eigenvalue weighted by molar-refractivity contribution is 5.91. The number of carbonyl (C=O) groups excluding carboxylic acids is 1. The van der Waals surface area contributed by atoms with Crippen molar-refractivity contribution in [3.05, 3.63) is 17.7 Å². The monoisotopic (exact) mass is 520 g/mol. The van der Waals surface area contributed by atoms with Crippen LogP contribution in [0.4, 0.5) is 0 Å². The third-order valence-corrected chi connectivity index (χ3v) is 6.70. The maximum Gasteiger partial charge on any atom is 0.338 e. The maximum atomic E-state index is 12.4. The molecule has 37 heavy (non-hydrogen) atoms. The van der Waals surface area contributed by atoms with Gasteiger partial charge in [0.15, 0.2) is 11.5 Å². The Morgan fingerprint density at radius 1 is 0.541 bits per heavy atom. The van der Waals surface area contributed by atoms with Crippen LogP contribution in [-0.4, -0.2) is 32.9 Å². The van der Waals surface area contributed by atoms with E-state index in [4.69, 9.17) is 18.9 Å². The lowest BCUT2D eigenvalue weighted by Gasteiger charge is -2.18. The van der Waals surface area contributed by atoms with Crippen molar-refractivity contribution in [1.29, 1.82) is 0 Å². The molecule has 0 spiro atoms. The molecule has 0 N–H and O–H groups in total. The van der Waals surface area contributed by atoms with Crippen LogP contribution in [-0.2, 0) is 4.74 Å². The van der Waals surface area contributed by atoms with Crippen molar-refractivity contribution in [3.63, 3.8) is 0 Å². The molecule has 0 aliphatic rings. The lowest BCUT2D eigenvalue weighted by atomic mass is 10.1. The van der Waals surface area contributed by atoms with Crippen molar-refractivity contribution in [3.8, 4) is 17.2 Å². The number of benzene rings is 1. The molecular weight excluding hydrogens is 464 g/mol. The molecule has 0 aromatic heterocycles. The molecule has 0 unspecified atom stereocenters. The number of hydrogen-bond acceptors (Lipinski definition) is 5. The van der Waals surface area contributed by atoms with E-state index in [0.29, 0.717) is 42.6 Å². The van der Waals surface area contributed by atoms with Crippen molar-refractivity contribution in [2.75, 3.05) is 26.9 Å². The molecule has 0 radical (unpaired) electrons. The van der Waals surface area contributed by atoms with E-state index in [1.54, 1.807) is 12.1 Å². The van der Waals surface area contributed by atoms with Gasteiger partial charge in [0.25, 0.3) is 0 Å². The van der Waals surface area contributed by atoms with Gasteiger partial charge in [0.05, 0.1) is 32.5 Å². The first kappa shape index (κ1) is 33.1. The van der Waals surface area contributed by atoms with Crippen LogP contribution in [0.5, 0.6) is 17.2 Å². The van der Waals surface area contributed by atoms with Crippen LogP contribution in [0.1, 0.15) is 147 Å². The number of hydrogen-bond donors (Lipinski definition) is 0. The molecule has 5 nitrogen and oxygen atoms in total. The Hall–Kier alpha value is -1.91. The van der Waals surface area contributed by atoms with Crippen molar-refractivity contribution in [1.82, 2.24) is 0 Å².